The van der Waals surface area contributed by atoms with Crippen LogP contribution < -0.4 is 13.9 Å². The Morgan fingerprint density at radius 2 is 1.58 bits per heavy atom. The minimum Gasteiger partial charge on any atom is -0.314 e. The van der Waals surface area contributed by atoms with Crippen molar-refractivity contribution in [3.8, 4) is 0 Å². The van der Waals surface area contributed by atoms with E-state index in [1.807, 2.05) is 28.6 Å². The summed E-state index contributed by atoms with van der Waals surface area (Å²) >= 11 is 1.24. The zero-order valence-corrected chi connectivity index (χ0v) is 14.9. The first-order valence-corrected chi connectivity index (χ1v) is 9.29. The molecule has 0 spiro atoms. The second kappa shape index (κ2) is 7.38. The summed E-state index contributed by atoms with van der Waals surface area (Å²) in [4.78, 5) is 2.36. The van der Waals surface area contributed by atoms with Crippen LogP contribution in [0.1, 0.15) is 0 Å². The molecule has 0 unspecified atom stereocenters. The minimum absolute atomic E-state index is 0.242. The number of hydrogen-bond donors (Lipinski definition) is 1. The third-order valence-electron chi connectivity index (χ3n) is 4.56. The van der Waals surface area contributed by atoms with E-state index in [0.717, 1.165) is 45.0 Å². The molecule has 4 nitrogen and oxygen atoms in total. The van der Waals surface area contributed by atoms with Crippen LogP contribution in [0.5, 0.6) is 0 Å². The fourth-order valence-electron chi connectivity index (χ4n) is 3.25. The van der Waals surface area contributed by atoms with E-state index in [1.165, 1.54) is 16.4 Å². The van der Waals surface area contributed by atoms with Crippen LogP contribution in [0.3, 0.4) is 0 Å². The normalized spacial score (nSPS) is 17.7. The Hall–Kier alpha value is -1.90. The molecule has 26 heavy (non-hydrogen) atoms. The number of halogens is 3. The molecule has 138 valence electrons. The summed E-state index contributed by atoms with van der Waals surface area (Å²) in [7, 11) is 0. The second-order valence-corrected chi connectivity index (χ2v) is 7.25. The first kappa shape index (κ1) is 17.5. The molecule has 1 fully saturated rings. The monoisotopic (exact) mass is 380 g/mol. The Morgan fingerprint density at radius 3 is 2.27 bits per heavy atom. The van der Waals surface area contributed by atoms with E-state index >= 15 is 0 Å². The third-order valence-corrected chi connectivity index (χ3v) is 5.68. The maximum Gasteiger partial charge on any atom is 0.153 e. The van der Waals surface area contributed by atoms with Gasteiger partial charge >= 0.3 is 0 Å². The molecule has 0 amide bonds. The minimum atomic E-state index is -0.920. The Kier molecular flexibility index (Phi) is 4.97. The molecule has 2 aliphatic rings. The highest BCUT2D eigenvalue weighted by molar-refractivity contribution is 8.02. The summed E-state index contributed by atoms with van der Waals surface area (Å²) in [6.07, 6.45) is 0. The molecule has 8 heteroatoms. The molecule has 0 aliphatic carbocycles. The topological polar surface area (TPSA) is 21.8 Å². The molecule has 0 saturated carbocycles. The average molecular weight is 380 g/mol. The van der Waals surface area contributed by atoms with Gasteiger partial charge in [0, 0.05) is 51.4 Å². The van der Waals surface area contributed by atoms with Crippen molar-refractivity contribution in [3.05, 3.63) is 53.8 Å². The molecule has 0 atom stereocenters. The van der Waals surface area contributed by atoms with Crippen molar-refractivity contribution in [2.45, 2.75) is 0 Å². The van der Waals surface area contributed by atoms with Crippen molar-refractivity contribution in [2.24, 2.45) is 0 Å². The SMILES string of the molecule is Fc1cc(F)c(N2SN(CCN3CCNCC3)c3ccccc32)c(F)c1. The first-order valence-electron chi connectivity index (χ1n) is 8.56. The Labute approximate surface area is 154 Å². The molecule has 0 aromatic heterocycles. The van der Waals surface area contributed by atoms with E-state index in [0.29, 0.717) is 17.8 Å². The molecule has 2 aromatic carbocycles. The Morgan fingerprint density at radius 1 is 0.923 bits per heavy atom. The highest BCUT2D eigenvalue weighted by Crippen LogP contribution is 2.49. The van der Waals surface area contributed by atoms with Crippen LogP contribution in [0, 0.1) is 17.5 Å². The zero-order valence-electron chi connectivity index (χ0n) is 14.1. The van der Waals surface area contributed by atoms with Crippen LogP contribution in [0.15, 0.2) is 36.4 Å². The highest BCUT2D eigenvalue weighted by atomic mass is 32.2. The number of benzene rings is 2. The van der Waals surface area contributed by atoms with Crippen molar-refractivity contribution >= 4 is 29.2 Å². The van der Waals surface area contributed by atoms with Crippen LogP contribution in [-0.2, 0) is 0 Å². The summed E-state index contributed by atoms with van der Waals surface area (Å²) in [5.74, 6) is -2.74. The van der Waals surface area contributed by atoms with Gasteiger partial charge in [0.15, 0.2) is 11.6 Å². The molecule has 4 rings (SSSR count). The Balaban J connectivity index is 1.58. The Bertz CT molecular complexity index is 775. The molecular weight excluding hydrogens is 361 g/mol. The van der Waals surface area contributed by atoms with Gasteiger partial charge in [-0.2, -0.15) is 0 Å². The fraction of sp³-hybridized carbons (Fsp3) is 0.333. The lowest BCUT2D eigenvalue weighted by atomic mass is 10.2. The lowest BCUT2D eigenvalue weighted by molar-refractivity contribution is 0.248. The van der Waals surface area contributed by atoms with E-state index in [-0.39, 0.29) is 5.69 Å². The number of anilines is 3. The van der Waals surface area contributed by atoms with Gasteiger partial charge in [-0.3, -0.25) is 13.5 Å². The quantitative estimate of drug-likeness (QED) is 0.817. The van der Waals surface area contributed by atoms with Crippen LogP contribution in [0.2, 0.25) is 0 Å². The van der Waals surface area contributed by atoms with Crippen molar-refractivity contribution in [1.29, 1.82) is 0 Å². The predicted molar refractivity (Wildman–Crippen MR) is 99.1 cm³/mol. The van der Waals surface area contributed by atoms with Crippen LogP contribution >= 0.6 is 12.1 Å². The summed E-state index contributed by atoms with van der Waals surface area (Å²) in [6.45, 7) is 5.52. The van der Waals surface area contributed by atoms with Gasteiger partial charge in [-0.15, -0.1) is 0 Å². The van der Waals surface area contributed by atoms with Gasteiger partial charge < -0.3 is 5.32 Å². The van der Waals surface area contributed by atoms with Crippen LogP contribution in [-0.4, -0.2) is 44.2 Å². The summed E-state index contributed by atoms with van der Waals surface area (Å²) in [6, 6.07) is 8.90. The lowest BCUT2D eigenvalue weighted by Crippen LogP contribution is -2.45. The predicted octanol–water partition coefficient (Wildman–Crippen LogP) is 3.53. The summed E-state index contributed by atoms with van der Waals surface area (Å²) in [5, 5.41) is 3.32. The van der Waals surface area contributed by atoms with Gasteiger partial charge in [-0.25, -0.2) is 13.2 Å². The maximum atomic E-state index is 14.3. The van der Waals surface area contributed by atoms with Crippen molar-refractivity contribution in [1.82, 2.24) is 10.2 Å². The third kappa shape index (κ3) is 3.36. The number of piperazine rings is 1. The van der Waals surface area contributed by atoms with Gasteiger partial charge in [0.1, 0.15) is 11.5 Å². The molecular formula is C18H19F3N4S. The van der Waals surface area contributed by atoms with E-state index < -0.39 is 17.5 Å². The number of rotatable bonds is 4. The number of nitrogens with one attached hydrogen (secondary N) is 1. The number of para-hydroxylation sites is 2. The lowest BCUT2D eigenvalue weighted by Gasteiger charge is -2.29. The standard InChI is InChI=1S/C18H19F3N4S/c19-13-11-14(20)18(15(21)12-13)25-17-4-2-1-3-16(17)24(26-25)10-9-23-7-5-22-6-8-23/h1-4,11-12,22H,5-10H2. The molecule has 2 aliphatic heterocycles. The van der Waals surface area contributed by atoms with Crippen LogP contribution in [0.25, 0.3) is 0 Å². The number of fused-ring (bicyclic) bond motifs is 1. The molecule has 1 saturated heterocycles. The zero-order chi connectivity index (χ0) is 18.1. The van der Waals surface area contributed by atoms with Gasteiger partial charge in [0.2, 0.25) is 0 Å². The smallest absolute Gasteiger partial charge is 0.153 e. The first-order chi connectivity index (χ1) is 12.6. The fourth-order valence-corrected chi connectivity index (χ4v) is 4.35. The summed E-state index contributed by atoms with van der Waals surface area (Å²) < 4.78 is 45.4. The molecule has 2 heterocycles. The molecule has 0 radical (unpaired) electrons. The van der Waals surface area contributed by atoms with E-state index in [4.69, 9.17) is 0 Å². The van der Waals surface area contributed by atoms with E-state index in [1.54, 1.807) is 0 Å². The second-order valence-electron chi connectivity index (χ2n) is 6.28. The summed E-state index contributed by atoms with van der Waals surface area (Å²) in [5.41, 5.74) is 1.35. The maximum absolute atomic E-state index is 14.3. The molecule has 1 N–H and O–H groups in total. The van der Waals surface area contributed by atoms with Crippen molar-refractivity contribution in [2.75, 3.05) is 47.9 Å². The van der Waals surface area contributed by atoms with Crippen molar-refractivity contribution < 1.29 is 13.2 Å². The molecule has 0 bridgehead atoms. The van der Waals surface area contributed by atoms with E-state index in [2.05, 4.69) is 10.2 Å². The van der Waals surface area contributed by atoms with Crippen molar-refractivity contribution in [3.63, 3.8) is 0 Å². The van der Waals surface area contributed by atoms with Crippen LogP contribution in [0.4, 0.5) is 30.2 Å². The van der Waals surface area contributed by atoms with Gasteiger partial charge in [-0.1, -0.05) is 12.1 Å². The van der Waals surface area contributed by atoms with Gasteiger partial charge in [-0.05, 0) is 12.1 Å². The molecule has 2 aromatic rings. The van der Waals surface area contributed by atoms with Gasteiger partial charge in [0.25, 0.3) is 0 Å². The highest BCUT2D eigenvalue weighted by Gasteiger charge is 2.32. The van der Waals surface area contributed by atoms with Gasteiger partial charge in [0.05, 0.1) is 23.5 Å². The van der Waals surface area contributed by atoms with E-state index in [9.17, 15) is 13.2 Å². The average Bonchev–Trinajstić information content (AvgIpc) is 2.99. The number of nitrogens with zero attached hydrogens (tertiary/aromatic N) is 3. The largest absolute Gasteiger partial charge is 0.314 e. The number of hydrogen-bond acceptors (Lipinski definition) is 5.